The number of carbonyl (C=O) groups is 1. The molecule has 0 saturated carbocycles. The van der Waals surface area contributed by atoms with Gasteiger partial charge in [0.15, 0.2) is 0 Å². The molecule has 0 aliphatic rings. The average molecular weight is 266 g/mol. The van der Waals surface area contributed by atoms with Crippen LogP contribution >= 0.6 is 0 Å². The molecular weight excluding hydrogens is 248 g/mol. The van der Waals surface area contributed by atoms with Crippen LogP contribution < -0.4 is 16.6 Å². The second kappa shape index (κ2) is 6.14. The molecule has 0 heterocycles. The predicted molar refractivity (Wildman–Crippen MR) is 72.7 cm³/mol. The van der Waals surface area contributed by atoms with E-state index in [9.17, 15) is 14.9 Å². The number of carbonyl (C=O) groups excluding carboxylic acids is 1. The lowest BCUT2D eigenvalue weighted by Crippen LogP contribution is -2.36. The molecule has 1 atom stereocenters. The number of anilines is 1. The smallest absolute Gasteiger partial charge is 0.270 e. The third-order valence-electron chi connectivity index (χ3n) is 2.97. The van der Waals surface area contributed by atoms with Crippen molar-refractivity contribution in [1.82, 2.24) is 5.32 Å². The molecule has 0 spiro atoms. The maximum absolute atomic E-state index is 12.1. The van der Waals surface area contributed by atoms with Gasteiger partial charge >= 0.3 is 0 Å². The van der Waals surface area contributed by atoms with E-state index in [1.54, 1.807) is 0 Å². The average Bonchev–Trinajstić information content (AvgIpc) is 2.37. The normalized spacial score (nSPS) is 12.1. The van der Waals surface area contributed by atoms with Gasteiger partial charge in [-0.25, -0.2) is 0 Å². The molecule has 7 nitrogen and oxygen atoms in total. The van der Waals surface area contributed by atoms with Gasteiger partial charge in [0.05, 0.1) is 16.2 Å². The summed E-state index contributed by atoms with van der Waals surface area (Å²) in [6.45, 7) is 5.82. The first kappa shape index (κ1) is 14.9. The Labute approximate surface area is 111 Å². The highest BCUT2D eigenvalue weighted by atomic mass is 16.6. The number of rotatable bonds is 5. The van der Waals surface area contributed by atoms with Crippen molar-refractivity contribution in [1.29, 1.82) is 0 Å². The molecule has 0 aromatic heterocycles. The first-order chi connectivity index (χ1) is 8.86. The van der Waals surface area contributed by atoms with Gasteiger partial charge < -0.3 is 10.7 Å². The highest BCUT2D eigenvalue weighted by Gasteiger charge is 2.18. The summed E-state index contributed by atoms with van der Waals surface area (Å²) in [7, 11) is 0. The molecule has 1 amide bonds. The number of nitrogens with one attached hydrogen (secondary N) is 2. The van der Waals surface area contributed by atoms with Gasteiger partial charge in [0.1, 0.15) is 0 Å². The molecule has 0 radical (unpaired) electrons. The zero-order valence-corrected chi connectivity index (χ0v) is 11.1. The van der Waals surface area contributed by atoms with Crippen molar-refractivity contribution < 1.29 is 9.72 Å². The zero-order valence-electron chi connectivity index (χ0n) is 11.1. The Morgan fingerprint density at radius 3 is 2.47 bits per heavy atom. The van der Waals surface area contributed by atoms with Crippen LogP contribution in [0.4, 0.5) is 11.4 Å². The van der Waals surface area contributed by atoms with E-state index in [2.05, 4.69) is 10.7 Å². The lowest BCUT2D eigenvalue weighted by molar-refractivity contribution is -0.384. The highest BCUT2D eigenvalue weighted by molar-refractivity contribution is 6.00. The number of benzene rings is 1. The number of hydrazine groups is 1. The number of nitrogens with two attached hydrogens (primary N) is 1. The van der Waals surface area contributed by atoms with E-state index in [-0.39, 0.29) is 23.2 Å². The number of nitro benzene ring substituents is 1. The number of amides is 1. The van der Waals surface area contributed by atoms with Crippen molar-refractivity contribution >= 4 is 17.3 Å². The molecule has 7 heteroatoms. The predicted octanol–water partition coefficient (Wildman–Crippen LogP) is 1.65. The van der Waals surface area contributed by atoms with Gasteiger partial charge in [-0.2, -0.15) is 0 Å². The monoisotopic (exact) mass is 266 g/mol. The second-order valence-electron chi connectivity index (χ2n) is 4.64. The fourth-order valence-electron chi connectivity index (χ4n) is 1.41. The number of nitrogen functional groups attached to an aromatic ring is 1. The molecule has 19 heavy (non-hydrogen) atoms. The first-order valence-corrected chi connectivity index (χ1v) is 5.92. The number of hydrogen-bond donors (Lipinski definition) is 3. The summed E-state index contributed by atoms with van der Waals surface area (Å²) in [5.41, 5.74) is 2.71. The van der Waals surface area contributed by atoms with Crippen LogP contribution in [0.3, 0.4) is 0 Å². The van der Waals surface area contributed by atoms with E-state index in [1.165, 1.54) is 18.2 Å². The highest BCUT2D eigenvalue weighted by Crippen LogP contribution is 2.21. The van der Waals surface area contributed by atoms with Gasteiger partial charge in [0.25, 0.3) is 11.6 Å². The van der Waals surface area contributed by atoms with Crippen molar-refractivity contribution in [2.24, 2.45) is 11.8 Å². The van der Waals surface area contributed by atoms with Crippen molar-refractivity contribution in [3.63, 3.8) is 0 Å². The Morgan fingerprint density at radius 2 is 2.00 bits per heavy atom. The van der Waals surface area contributed by atoms with Gasteiger partial charge in [0.2, 0.25) is 0 Å². The Morgan fingerprint density at radius 1 is 1.37 bits per heavy atom. The number of non-ortho nitro benzene ring substituents is 1. The Kier molecular flexibility index (Phi) is 4.82. The molecule has 0 aliphatic heterocycles. The van der Waals surface area contributed by atoms with E-state index in [4.69, 9.17) is 5.84 Å². The minimum absolute atomic E-state index is 0.0441. The summed E-state index contributed by atoms with van der Waals surface area (Å²) in [6, 6.07) is 3.86. The lowest BCUT2D eigenvalue weighted by atomic mass is 10.1. The zero-order chi connectivity index (χ0) is 14.6. The van der Waals surface area contributed by atoms with Gasteiger partial charge in [-0.05, 0) is 18.9 Å². The molecule has 1 aromatic carbocycles. The quantitative estimate of drug-likeness (QED) is 0.426. The molecule has 0 fully saturated rings. The second-order valence-corrected chi connectivity index (χ2v) is 4.64. The van der Waals surface area contributed by atoms with Gasteiger partial charge in [0, 0.05) is 18.2 Å². The van der Waals surface area contributed by atoms with Crippen LogP contribution in [0.1, 0.15) is 31.1 Å². The molecule has 1 rings (SSSR count). The van der Waals surface area contributed by atoms with Crippen LogP contribution in [0, 0.1) is 16.0 Å². The van der Waals surface area contributed by atoms with Gasteiger partial charge in [-0.3, -0.25) is 20.8 Å². The molecule has 1 aromatic rings. The lowest BCUT2D eigenvalue weighted by Gasteiger charge is -2.18. The maximum Gasteiger partial charge on any atom is 0.270 e. The van der Waals surface area contributed by atoms with Crippen LogP contribution in [0.2, 0.25) is 0 Å². The van der Waals surface area contributed by atoms with Crippen LogP contribution in [0.25, 0.3) is 0 Å². The molecule has 104 valence electrons. The van der Waals surface area contributed by atoms with Crippen molar-refractivity contribution in [2.75, 3.05) is 5.43 Å². The van der Waals surface area contributed by atoms with E-state index in [1.807, 2.05) is 20.8 Å². The topological polar surface area (TPSA) is 110 Å². The number of nitro groups is 1. The minimum atomic E-state index is -0.553. The third-order valence-corrected chi connectivity index (χ3v) is 2.97. The maximum atomic E-state index is 12.1. The Bertz CT molecular complexity index is 488. The summed E-state index contributed by atoms with van der Waals surface area (Å²) in [5, 5.41) is 13.5. The summed E-state index contributed by atoms with van der Waals surface area (Å²) in [5.74, 6) is 5.18. The van der Waals surface area contributed by atoms with Crippen molar-refractivity contribution in [3.8, 4) is 0 Å². The molecule has 4 N–H and O–H groups in total. The minimum Gasteiger partial charge on any atom is -0.349 e. The van der Waals surface area contributed by atoms with E-state index >= 15 is 0 Å². The third kappa shape index (κ3) is 3.65. The van der Waals surface area contributed by atoms with Crippen LogP contribution in [0.5, 0.6) is 0 Å². The molecular formula is C12H18N4O3. The Balaban J connectivity index is 3.06. The molecule has 0 bridgehead atoms. The Hall–Kier alpha value is -2.15. The fourth-order valence-corrected chi connectivity index (χ4v) is 1.41. The van der Waals surface area contributed by atoms with Crippen molar-refractivity contribution in [2.45, 2.75) is 26.8 Å². The standard InChI is InChI=1S/C12H18N4O3/c1-7(2)8(3)14-12(17)10-6-9(16(18)19)4-5-11(10)15-13/h4-8,15H,13H2,1-3H3,(H,14,17). The number of hydrogen-bond acceptors (Lipinski definition) is 5. The van der Waals surface area contributed by atoms with Gasteiger partial charge in [-0.1, -0.05) is 13.8 Å². The summed E-state index contributed by atoms with van der Waals surface area (Å²) in [6.07, 6.45) is 0. The van der Waals surface area contributed by atoms with E-state index in [0.29, 0.717) is 5.69 Å². The summed E-state index contributed by atoms with van der Waals surface area (Å²) < 4.78 is 0. The van der Waals surface area contributed by atoms with Gasteiger partial charge in [-0.15, -0.1) is 0 Å². The van der Waals surface area contributed by atoms with E-state index in [0.717, 1.165) is 0 Å². The molecule has 0 saturated heterocycles. The van der Waals surface area contributed by atoms with Crippen LogP contribution in [0.15, 0.2) is 18.2 Å². The van der Waals surface area contributed by atoms with Crippen molar-refractivity contribution in [3.05, 3.63) is 33.9 Å². The van der Waals surface area contributed by atoms with Crippen LogP contribution in [-0.4, -0.2) is 16.9 Å². The summed E-state index contributed by atoms with van der Waals surface area (Å²) >= 11 is 0. The first-order valence-electron chi connectivity index (χ1n) is 5.92. The fraction of sp³-hybridized carbons (Fsp3) is 0.417. The number of nitrogens with zero attached hydrogens (tertiary/aromatic N) is 1. The summed E-state index contributed by atoms with van der Waals surface area (Å²) in [4.78, 5) is 22.3. The van der Waals surface area contributed by atoms with E-state index < -0.39 is 10.8 Å². The molecule has 1 unspecified atom stereocenters. The molecule has 0 aliphatic carbocycles. The largest absolute Gasteiger partial charge is 0.349 e. The van der Waals surface area contributed by atoms with Crippen LogP contribution in [-0.2, 0) is 0 Å². The SMILES string of the molecule is CC(C)C(C)NC(=O)c1cc([N+](=O)[O-])ccc1NN.